The number of carbonyl (C=O) groups excluding carboxylic acids is 1. The number of carbonyl (C=O) groups is 1. The Kier molecular flexibility index (Phi) is 6.81. The number of nitrogens with one attached hydrogen (secondary N) is 3. The number of oxazole rings is 1. The summed E-state index contributed by atoms with van der Waals surface area (Å²) >= 11 is 0. The molecule has 4 aromatic rings. The number of nitrogen functional groups attached to an aromatic ring is 1. The largest absolute Gasteiger partial charge is 0.444 e. The highest BCUT2D eigenvalue weighted by atomic mass is 16.6. The van der Waals surface area contributed by atoms with Crippen LogP contribution in [-0.2, 0) is 4.74 Å². The average molecular weight is 530 g/mol. The number of hydrogen-bond acceptors (Lipinski definition) is 9. The van der Waals surface area contributed by atoms with Gasteiger partial charge in [-0.1, -0.05) is 24.3 Å². The number of para-hydroxylation sites is 2. The van der Waals surface area contributed by atoms with E-state index in [1.165, 1.54) is 0 Å². The highest BCUT2D eigenvalue weighted by molar-refractivity contribution is 6.16. The van der Waals surface area contributed by atoms with E-state index in [0.29, 0.717) is 30.1 Å². The van der Waals surface area contributed by atoms with Crippen LogP contribution >= 0.6 is 0 Å². The predicted octanol–water partition coefficient (Wildman–Crippen LogP) is 4.39. The zero-order valence-electron chi connectivity index (χ0n) is 22.1. The predicted molar refractivity (Wildman–Crippen MR) is 149 cm³/mol. The molecule has 202 valence electrons. The molecule has 1 aliphatic rings. The van der Waals surface area contributed by atoms with Gasteiger partial charge in [0, 0.05) is 30.3 Å². The topological polar surface area (TPSA) is 163 Å². The molecule has 1 amide bonds. The molecule has 39 heavy (non-hydrogen) atoms. The molecule has 5 N–H and O–H groups in total. The van der Waals surface area contributed by atoms with Crippen LogP contribution in [0, 0.1) is 5.41 Å². The summed E-state index contributed by atoms with van der Waals surface area (Å²) in [5, 5.41) is 18.4. The van der Waals surface area contributed by atoms with E-state index in [4.69, 9.17) is 20.3 Å². The van der Waals surface area contributed by atoms with Crippen molar-refractivity contribution in [2.75, 3.05) is 24.1 Å². The number of rotatable bonds is 5. The van der Waals surface area contributed by atoms with Crippen LogP contribution < -0.4 is 16.6 Å². The van der Waals surface area contributed by atoms with Crippen molar-refractivity contribution in [1.29, 1.82) is 5.41 Å². The van der Waals surface area contributed by atoms with E-state index in [1.807, 2.05) is 45.0 Å². The Morgan fingerprint density at radius 3 is 2.67 bits per heavy atom. The number of piperidine rings is 1. The van der Waals surface area contributed by atoms with E-state index in [2.05, 4.69) is 20.5 Å². The van der Waals surface area contributed by atoms with Gasteiger partial charge >= 0.3 is 6.09 Å². The molecule has 2 aromatic carbocycles. The summed E-state index contributed by atoms with van der Waals surface area (Å²) in [5.74, 6) is 0.491. The van der Waals surface area contributed by atoms with Gasteiger partial charge in [-0.25, -0.2) is 14.9 Å². The number of likely N-dealkylation sites (tertiary alicyclic amines) is 1. The second-order valence-electron chi connectivity index (χ2n) is 10.5. The standard InChI is InChI=1S/C28H31N7O4/c1-28(2,3)39-27(37)35-14-6-7-18(15-35)31-23-21(24(30)33-34-25(23)36)22(29)16-10-12-17(13-11-16)26-32-19-8-4-5-9-20(19)38-26/h4-5,8-13,18,29H,6-7,14-15H2,1-3H3,(H,34,36)(H3,30,31,33). The highest BCUT2D eigenvalue weighted by Crippen LogP contribution is 2.27. The summed E-state index contributed by atoms with van der Waals surface area (Å²) in [6, 6.07) is 14.4. The van der Waals surface area contributed by atoms with Crippen LogP contribution in [0.4, 0.5) is 16.3 Å². The molecule has 3 heterocycles. The van der Waals surface area contributed by atoms with Crippen molar-refractivity contribution in [2.24, 2.45) is 0 Å². The second kappa shape index (κ2) is 10.2. The average Bonchev–Trinajstić information content (AvgIpc) is 3.34. The molecule has 11 nitrogen and oxygen atoms in total. The maximum Gasteiger partial charge on any atom is 0.410 e. The summed E-state index contributed by atoms with van der Waals surface area (Å²) in [7, 11) is 0. The highest BCUT2D eigenvalue weighted by Gasteiger charge is 2.29. The van der Waals surface area contributed by atoms with Gasteiger partial charge in [0.1, 0.15) is 16.8 Å². The number of nitrogens with two attached hydrogens (primary N) is 1. The van der Waals surface area contributed by atoms with Gasteiger partial charge < -0.3 is 25.1 Å². The number of aromatic amines is 1. The molecule has 1 atom stereocenters. The molecule has 0 spiro atoms. The van der Waals surface area contributed by atoms with Crippen LogP contribution in [0.15, 0.2) is 57.7 Å². The Labute approximate surface area is 224 Å². The van der Waals surface area contributed by atoms with Gasteiger partial charge in [-0.3, -0.25) is 10.2 Å². The van der Waals surface area contributed by atoms with Crippen LogP contribution in [0.25, 0.3) is 22.6 Å². The Morgan fingerprint density at radius 1 is 1.21 bits per heavy atom. The van der Waals surface area contributed by atoms with Gasteiger partial charge in [0.05, 0.1) is 11.3 Å². The van der Waals surface area contributed by atoms with Gasteiger partial charge in [0.15, 0.2) is 11.4 Å². The first kappa shape index (κ1) is 26.0. The van der Waals surface area contributed by atoms with E-state index >= 15 is 0 Å². The Balaban J connectivity index is 1.38. The number of aromatic nitrogens is 3. The molecule has 5 rings (SSSR count). The van der Waals surface area contributed by atoms with Crippen LogP contribution in [-0.4, -0.2) is 56.6 Å². The van der Waals surface area contributed by atoms with Gasteiger partial charge in [-0.15, -0.1) is 0 Å². The zero-order chi connectivity index (χ0) is 27.7. The fourth-order valence-electron chi connectivity index (χ4n) is 4.57. The maximum absolute atomic E-state index is 12.9. The van der Waals surface area contributed by atoms with E-state index in [0.717, 1.165) is 23.9 Å². The number of H-pyrrole nitrogens is 1. The molecule has 1 unspecified atom stereocenters. The summed E-state index contributed by atoms with van der Waals surface area (Å²) in [6.45, 7) is 6.38. The zero-order valence-corrected chi connectivity index (χ0v) is 22.1. The van der Waals surface area contributed by atoms with E-state index in [1.54, 1.807) is 29.2 Å². The third kappa shape index (κ3) is 5.62. The summed E-state index contributed by atoms with van der Waals surface area (Å²) < 4.78 is 11.4. The van der Waals surface area contributed by atoms with Crippen molar-refractivity contribution >= 4 is 34.4 Å². The quantitative estimate of drug-likeness (QED) is 0.277. The summed E-state index contributed by atoms with van der Waals surface area (Å²) in [5.41, 5.74) is 8.19. The minimum atomic E-state index is -0.605. The van der Waals surface area contributed by atoms with Crippen molar-refractivity contribution in [3.8, 4) is 11.5 Å². The first-order chi connectivity index (χ1) is 18.6. The Morgan fingerprint density at radius 2 is 1.95 bits per heavy atom. The fraction of sp³-hybridized carbons (Fsp3) is 0.321. The molecule has 2 aromatic heterocycles. The molecule has 0 saturated carbocycles. The van der Waals surface area contributed by atoms with Crippen LogP contribution in [0.5, 0.6) is 0 Å². The van der Waals surface area contributed by atoms with Gasteiger partial charge in [0.2, 0.25) is 5.89 Å². The first-order valence-corrected chi connectivity index (χ1v) is 12.8. The minimum Gasteiger partial charge on any atom is -0.444 e. The Hall–Kier alpha value is -4.67. The molecule has 0 radical (unpaired) electrons. The first-order valence-electron chi connectivity index (χ1n) is 12.8. The molecule has 11 heteroatoms. The molecule has 0 bridgehead atoms. The fourth-order valence-corrected chi connectivity index (χ4v) is 4.57. The number of benzene rings is 2. The SMILES string of the molecule is CC(C)(C)OC(=O)N1CCCC(Nc2c(C(=N)c3ccc(-c4nc5ccccc5o4)cc3)c(N)n[nH]c2=O)C1. The lowest BCUT2D eigenvalue weighted by Gasteiger charge is -2.35. The monoisotopic (exact) mass is 529 g/mol. The van der Waals surface area contributed by atoms with E-state index < -0.39 is 17.3 Å². The Bertz CT molecular complexity index is 1550. The number of amides is 1. The van der Waals surface area contributed by atoms with Crippen LogP contribution in [0.2, 0.25) is 0 Å². The number of anilines is 2. The normalized spacial score (nSPS) is 15.8. The van der Waals surface area contributed by atoms with Gasteiger partial charge in [-0.05, 0) is 57.9 Å². The minimum absolute atomic E-state index is 0.0185. The van der Waals surface area contributed by atoms with Crippen molar-refractivity contribution in [3.63, 3.8) is 0 Å². The lowest BCUT2D eigenvalue weighted by Crippen LogP contribution is -2.47. The van der Waals surface area contributed by atoms with Crippen molar-refractivity contribution in [2.45, 2.75) is 45.3 Å². The van der Waals surface area contributed by atoms with Crippen molar-refractivity contribution in [1.82, 2.24) is 20.1 Å². The van der Waals surface area contributed by atoms with E-state index in [-0.39, 0.29) is 28.8 Å². The number of hydrogen-bond donors (Lipinski definition) is 4. The van der Waals surface area contributed by atoms with E-state index in [9.17, 15) is 9.59 Å². The third-order valence-corrected chi connectivity index (χ3v) is 6.40. The van der Waals surface area contributed by atoms with Crippen LogP contribution in [0.3, 0.4) is 0 Å². The molecule has 1 fully saturated rings. The smallest absolute Gasteiger partial charge is 0.410 e. The van der Waals surface area contributed by atoms with Gasteiger partial charge in [-0.2, -0.15) is 5.10 Å². The van der Waals surface area contributed by atoms with Gasteiger partial charge in [0.25, 0.3) is 5.56 Å². The van der Waals surface area contributed by atoms with Crippen LogP contribution in [0.1, 0.15) is 44.7 Å². The maximum atomic E-state index is 12.9. The van der Waals surface area contributed by atoms with Crippen molar-refractivity contribution < 1.29 is 13.9 Å². The van der Waals surface area contributed by atoms with Crippen molar-refractivity contribution in [3.05, 3.63) is 70.0 Å². The lowest BCUT2D eigenvalue weighted by molar-refractivity contribution is 0.0206. The number of fused-ring (bicyclic) bond motifs is 1. The third-order valence-electron chi connectivity index (χ3n) is 6.40. The molecular formula is C28H31N7O4. The molecule has 1 aliphatic heterocycles. The summed E-state index contributed by atoms with van der Waals surface area (Å²) in [4.78, 5) is 31.6. The molecular weight excluding hydrogens is 498 g/mol. The number of ether oxygens (including phenoxy) is 1. The summed E-state index contributed by atoms with van der Waals surface area (Å²) in [6.07, 6.45) is 1.07. The molecule has 0 aliphatic carbocycles. The lowest BCUT2D eigenvalue weighted by atomic mass is 9.99. The molecule has 1 saturated heterocycles. The number of nitrogens with zero attached hydrogens (tertiary/aromatic N) is 3. The second-order valence-corrected chi connectivity index (χ2v) is 10.5.